The molecule has 176 valence electrons. The first-order valence-electron chi connectivity index (χ1n) is 10.6. The average Bonchev–Trinajstić information content (AvgIpc) is 2.70. The monoisotopic (exact) mass is 445 g/mol. The fourth-order valence-electron chi connectivity index (χ4n) is 3.58. The normalized spacial score (nSPS) is 12.7. The Kier molecular flexibility index (Phi) is 8.80. The number of esters is 1. The lowest BCUT2D eigenvalue weighted by Gasteiger charge is -2.26. The number of unbranched alkanes of at least 4 members (excludes halogenated alkanes) is 1. The Labute approximate surface area is 189 Å². The summed E-state index contributed by atoms with van der Waals surface area (Å²) in [5.41, 5.74) is 19.6. The van der Waals surface area contributed by atoms with Crippen LogP contribution in [0.5, 0.6) is 0 Å². The fourth-order valence-corrected chi connectivity index (χ4v) is 3.58. The molecule has 9 heteroatoms. The van der Waals surface area contributed by atoms with E-state index in [1.807, 2.05) is 32.9 Å². The summed E-state index contributed by atoms with van der Waals surface area (Å²) < 4.78 is 16.4. The molecule has 32 heavy (non-hydrogen) atoms. The van der Waals surface area contributed by atoms with Gasteiger partial charge in [-0.25, -0.2) is 4.79 Å². The molecular formula is C23H35N5O4. The molecule has 0 saturated carbocycles. The minimum atomic E-state index is -0.542. The lowest BCUT2D eigenvalue weighted by atomic mass is 9.92. The van der Waals surface area contributed by atoms with Crippen LogP contribution in [-0.4, -0.2) is 42.0 Å². The molecule has 0 saturated heterocycles. The Morgan fingerprint density at radius 1 is 0.969 bits per heavy atom. The number of rotatable bonds is 10. The van der Waals surface area contributed by atoms with Gasteiger partial charge >= 0.3 is 5.97 Å². The van der Waals surface area contributed by atoms with Crippen molar-refractivity contribution < 1.29 is 19.0 Å². The van der Waals surface area contributed by atoms with Crippen molar-refractivity contribution in [2.45, 2.75) is 64.3 Å². The maximum absolute atomic E-state index is 12.2. The summed E-state index contributed by atoms with van der Waals surface area (Å²) in [6, 6.07) is 7.50. The van der Waals surface area contributed by atoms with Gasteiger partial charge < -0.3 is 31.4 Å². The highest BCUT2D eigenvalue weighted by molar-refractivity contribution is 5.89. The zero-order chi connectivity index (χ0) is 23.9. The maximum atomic E-state index is 12.2. The highest BCUT2D eigenvalue weighted by atomic mass is 16.7. The van der Waals surface area contributed by atoms with E-state index >= 15 is 0 Å². The van der Waals surface area contributed by atoms with Gasteiger partial charge in [-0.05, 0) is 57.7 Å². The molecule has 1 aromatic heterocycles. The molecule has 2 aromatic rings. The van der Waals surface area contributed by atoms with E-state index in [0.29, 0.717) is 17.5 Å². The van der Waals surface area contributed by atoms with Gasteiger partial charge in [0.25, 0.3) is 0 Å². The maximum Gasteiger partial charge on any atom is 0.338 e. The number of hydrogen-bond donors (Lipinski definition) is 3. The minimum Gasteiger partial charge on any atom is -0.456 e. The Bertz CT molecular complexity index is 869. The van der Waals surface area contributed by atoms with Gasteiger partial charge in [-0.15, -0.1) is 0 Å². The number of nitrogens with zero attached hydrogens (tertiary/aromatic N) is 2. The Balaban J connectivity index is 2.00. The van der Waals surface area contributed by atoms with Crippen LogP contribution >= 0.6 is 0 Å². The predicted molar refractivity (Wildman–Crippen MR) is 125 cm³/mol. The van der Waals surface area contributed by atoms with Crippen LogP contribution in [0.2, 0.25) is 0 Å². The second-order valence-electron chi connectivity index (χ2n) is 8.66. The zero-order valence-electron chi connectivity index (χ0n) is 19.6. The van der Waals surface area contributed by atoms with Crippen molar-refractivity contribution in [2.75, 3.05) is 31.4 Å². The second kappa shape index (κ2) is 11.1. The van der Waals surface area contributed by atoms with Crippen LogP contribution in [-0.2, 0) is 20.6 Å². The van der Waals surface area contributed by atoms with Crippen molar-refractivity contribution in [3.63, 3.8) is 0 Å². The van der Waals surface area contributed by atoms with E-state index in [2.05, 4.69) is 9.97 Å². The molecule has 2 rings (SSSR count). The SMILES string of the molecule is COC(OC)C(CCCCc1ccc(C(=O)OC(C)(C)C)cc1)c1c(N)nc(N)nc1N. The van der Waals surface area contributed by atoms with Crippen LogP contribution < -0.4 is 17.2 Å². The molecule has 9 nitrogen and oxygen atoms in total. The van der Waals surface area contributed by atoms with E-state index in [-0.39, 0.29) is 29.5 Å². The minimum absolute atomic E-state index is 0.0312. The third-order valence-corrected chi connectivity index (χ3v) is 5.00. The molecule has 1 atom stereocenters. The number of ether oxygens (including phenoxy) is 3. The van der Waals surface area contributed by atoms with Gasteiger partial charge in [-0.1, -0.05) is 18.6 Å². The van der Waals surface area contributed by atoms with Crippen LogP contribution in [0.4, 0.5) is 17.6 Å². The van der Waals surface area contributed by atoms with Gasteiger partial charge in [-0.3, -0.25) is 0 Å². The number of nitrogens with two attached hydrogens (primary N) is 3. The molecule has 0 aliphatic rings. The summed E-state index contributed by atoms with van der Waals surface area (Å²) in [6.45, 7) is 5.55. The fraction of sp³-hybridized carbons (Fsp3) is 0.522. The lowest BCUT2D eigenvalue weighted by molar-refractivity contribution is -0.119. The molecule has 0 spiro atoms. The molecular weight excluding hydrogens is 410 g/mol. The molecule has 1 unspecified atom stereocenters. The molecule has 0 bridgehead atoms. The summed E-state index contributed by atoms with van der Waals surface area (Å²) in [5, 5.41) is 0. The van der Waals surface area contributed by atoms with Crippen LogP contribution in [0.15, 0.2) is 24.3 Å². The van der Waals surface area contributed by atoms with Crippen LogP contribution in [0.3, 0.4) is 0 Å². The highest BCUT2D eigenvalue weighted by Crippen LogP contribution is 2.34. The van der Waals surface area contributed by atoms with E-state index in [9.17, 15) is 4.79 Å². The summed E-state index contributed by atoms with van der Waals surface area (Å²) in [5.74, 6) is -0.0597. The van der Waals surface area contributed by atoms with Crippen molar-refractivity contribution in [3.8, 4) is 0 Å². The number of aromatic nitrogens is 2. The van der Waals surface area contributed by atoms with Crippen molar-refractivity contribution >= 4 is 23.6 Å². The number of hydrogen-bond acceptors (Lipinski definition) is 9. The van der Waals surface area contributed by atoms with Gasteiger partial charge in [0.1, 0.15) is 17.2 Å². The molecule has 0 aliphatic heterocycles. The number of benzene rings is 1. The second-order valence-corrected chi connectivity index (χ2v) is 8.66. The van der Waals surface area contributed by atoms with Gasteiger partial charge in [0.05, 0.1) is 5.56 Å². The number of aryl methyl sites for hydroxylation is 1. The first-order chi connectivity index (χ1) is 15.1. The number of carbonyl (C=O) groups excluding carboxylic acids is 1. The van der Waals surface area contributed by atoms with Crippen molar-refractivity contribution in [3.05, 3.63) is 41.0 Å². The first-order valence-corrected chi connectivity index (χ1v) is 10.6. The first kappa shape index (κ1) is 25.4. The molecule has 1 aromatic carbocycles. The van der Waals surface area contributed by atoms with E-state index in [4.69, 9.17) is 31.4 Å². The summed E-state index contributed by atoms with van der Waals surface area (Å²) in [7, 11) is 3.13. The van der Waals surface area contributed by atoms with Crippen LogP contribution in [0, 0.1) is 0 Å². The molecule has 6 N–H and O–H groups in total. The van der Waals surface area contributed by atoms with E-state index in [1.54, 1.807) is 26.4 Å². The van der Waals surface area contributed by atoms with Gasteiger partial charge in [-0.2, -0.15) is 9.97 Å². The Hall–Kier alpha value is -2.91. The van der Waals surface area contributed by atoms with E-state index in [1.165, 1.54) is 0 Å². The third kappa shape index (κ3) is 7.06. The highest BCUT2D eigenvalue weighted by Gasteiger charge is 2.28. The van der Waals surface area contributed by atoms with Gasteiger partial charge in [0.15, 0.2) is 6.29 Å². The smallest absolute Gasteiger partial charge is 0.338 e. The summed E-state index contributed by atoms with van der Waals surface area (Å²) >= 11 is 0. The third-order valence-electron chi connectivity index (χ3n) is 5.00. The lowest BCUT2D eigenvalue weighted by Crippen LogP contribution is -2.26. The summed E-state index contributed by atoms with van der Waals surface area (Å²) in [4.78, 5) is 20.2. The predicted octanol–water partition coefficient (Wildman–Crippen LogP) is 3.29. The van der Waals surface area contributed by atoms with Crippen molar-refractivity contribution in [1.29, 1.82) is 0 Å². The number of nitrogen functional groups attached to an aromatic ring is 3. The topological polar surface area (TPSA) is 149 Å². The molecule has 0 fully saturated rings. The standard InChI is InChI=1S/C23H35N5O4/c1-23(2,3)32-20(29)15-12-10-14(11-13-15)8-6-7-9-16(21(30-4)31-5)17-18(24)27-22(26)28-19(17)25/h10-13,16,21H,6-9H2,1-5H3,(H6,24,25,26,27,28). The average molecular weight is 446 g/mol. The number of methoxy groups -OCH3 is 2. The van der Waals surface area contributed by atoms with Crippen molar-refractivity contribution in [1.82, 2.24) is 9.97 Å². The van der Waals surface area contributed by atoms with Gasteiger partial charge in [0.2, 0.25) is 5.95 Å². The zero-order valence-corrected chi connectivity index (χ0v) is 19.6. The summed E-state index contributed by atoms with van der Waals surface area (Å²) in [6.07, 6.45) is 2.81. The van der Waals surface area contributed by atoms with E-state index in [0.717, 1.165) is 24.8 Å². The largest absolute Gasteiger partial charge is 0.456 e. The Morgan fingerprint density at radius 3 is 2.03 bits per heavy atom. The number of carbonyl (C=O) groups is 1. The molecule has 0 aliphatic carbocycles. The van der Waals surface area contributed by atoms with E-state index < -0.39 is 11.9 Å². The quantitative estimate of drug-likeness (QED) is 0.284. The Morgan fingerprint density at radius 2 is 1.53 bits per heavy atom. The van der Waals surface area contributed by atoms with Crippen LogP contribution in [0.1, 0.15) is 67.4 Å². The van der Waals surface area contributed by atoms with Gasteiger partial charge in [0, 0.05) is 25.7 Å². The van der Waals surface area contributed by atoms with Crippen molar-refractivity contribution in [2.24, 2.45) is 0 Å². The molecule has 0 amide bonds. The molecule has 0 radical (unpaired) electrons. The molecule has 1 heterocycles. The van der Waals surface area contributed by atoms with Crippen LogP contribution in [0.25, 0.3) is 0 Å². The number of anilines is 3.